The Morgan fingerprint density at radius 2 is 1.52 bits per heavy atom. The molecule has 1 aliphatic rings. The molecule has 0 aromatic heterocycles. The molecule has 172 valence electrons. The summed E-state index contributed by atoms with van der Waals surface area (Å²) in [6.07, 6.45) is 2.06. The maximum absolute atomic E-state index is 10.1. The Bertz CT molecular complexity index is 689. The number of para-hydroxylation sites is 1. The third-order valence-electron chi connectivity index (χ3n) is 4.78. The number of hydrogen-bond acceptors (Lipinski definition) is 6. The Morgan fingerprint density at radius 3 is 2.03 bits per heavy atom. The molecule has 31 heavy (non-hydrogen) atoms. The van der Waals surface area contributed by atoms with E-state index in [1.807, 2.05) is 12.9 Å². The second-order valence-electron chi connectivity index (χ2n) is 7.10. The molecule has 3 rings (SSSR count). The van der Waals surface area contributed by atoms with Crippen LogP contribution in [0.3, 0.4) is 0 Å². The Labute approximate surface area is 188 Å². The van der Waals surface area contributed by atoms with Gasteiger partial charge in [0.15, 0.2) is 0 Å². The van der Waals surface area contributed by atoms with Crippen molar-refractivity contribution in [3.05, 3.63) is 60.2 Å². The predicted octanol–water partition coefficient (Wildman–Crippen LogP) is 3.53. The molecule has 0 bridgehead atoms. The minimum atomic E-state index is 0.605. The molecule has 0 saturated carbocycles. The molecule has 0 spiro atoms. The van der Waals surface area contributed by atoms with E-state index in [1.54, 1.807) is 14.2 Å². The normalized spacial score (nSPS) is 13.3. The molecule has 0 radical (unpaired) electrons. The number of anilines is 2. The summed E-state index contributed by atoms with van der Waals surface area (Å²) in [5.41, 5.74) is 3.83. The van der Waals surface area contributed by atoms with Gasteiger partial charge in [-0.25, -0.2) is 0 Å². The van der Waals surface area contributed by atoms with Crippen molar-refractivity contribution in [1.82, 2.24) is 9.80 Å². The molecule has 2 aromatic rings. The molecule has 0 N–H and O–H groups in total. The highest BCUT2D eigenvalue weighted by atomic mass is 16.4. The van der Waals surface area contributed by atoms with Crippen molar-refractivity contribution < 1.29 is 14.3 Å². The number of carbonyl (C=O) groups is 2. The van der Waals surface area contributed by atoms with Crippen LogP contribution < -0.4 is 4.90 Å². The molecule has 1 heterocycles. The summed E-state index contributed by atoms with van der Waals surface area (Å²) in [6, 6.07) is 19.1. The molecule has 1 fully saturated rings. The fourth-order valence-electron chi connectivity index (χ4n) is 2.92. The Kier molecular flexibility index (Phi) is 16.8. The highest BCUT2D eigenvalue weighted by Crippen LogP contribution is 2.23. The SMILES string of the molecule is C=O.CCc1cccc(N(C)c2ccccc2)c1.CN1CCN(CC=O)CC1.COC. The van der Waals surface area contributed by atoms with Crippen molar-refractivity contribution >= 4 is 24.5 Å². The molecule has 1 aliphatic heterocycles. The van der Waals surface area contributed by atoms with Crippen LogP contribution in [0.25, 0.3) is 0 Å². The van der Waals surface area contributed by atoms with Crippen LogP contribution in [0.5, 0.6) is 0 Å². The summed E-state index contributed by atoms with van der Waals surface area (Å²) >= 11 is 0. The molecule has 0 amide bonds. The lowest BCUT2D eigenvalue weighted by Gasteiger charge is -2.30. The van der Waals surface area contributed by atoms with E-state index in [4.69, 9.17) is 4.79 Å². The molecule has 0 atom stereocenters. The summed E-state index contributed by atoms with van der Waals surface area (Å²) < 4.78 is 4.25. The van der Waals surface area contributed by atoms with Crippen LogP contribution >= 0.6 is 0 Å². The van der Waals surface area contributed by atoms with Crippen LogP contribution in [-0.2, 0) is 20.7 Å². The fraction of sp³-hybridized carbons (Fsp3) is 0.440. The number of nitrogens with zero attached hydrogens (tertiary/aromatic N) is 3. The number of methoxy groups -OCH3 is 1. The van der Waals surface area contributed by atoms with Crippen molar-refractivity contribution in [2.75, 3.05) is 65.9 Å². The van der Waals surface area contributed by atoms with Gasteiger partial charge in [-0.1, -0.05) is 37.3 Å². The average Bonchev–Trinajstić information content (AvgIpc) is 2.83. The van der Waals surface area contributed by atoms with Gasteiger partial charge in [-0.15, -0.1) is 0 Å². The van der Waals surface area contributed by atoms with Gasteiger partial charge in [-0.05, 0) is 43.3 Å². The molecule has 1 saturated heterocycles. The van der Waals surface area contributed by atoms with Crippen LogP contribution in [0.2, 0.25) is 0 Å². The third kappa shape index (κ3) is 12.0. The zero-order valence-corrected chi connectivity index (χ0v) is 19.8. The number of aldehydes is 1. The number of aryl methyl sites for hydroxylation is 1. The maximum Gasteiger partial charge on any atom is 0.133 e. The van der Waals surface area contributed by atoms with E-state index >= 15 is 0 Å². The van der Waals surface area contributed by atoms with Gasteiger partial charge in [0.05, 0.1) is 6.54 Å². The zero-order valence-electron chi connectivity index (χ0n) is 19.8. The van der Waals surface area contributed by atoms with Crippen LogP contribution in [0.4, 0.5) is 11.4 Å². The maximum atomic E-state index is 10.1. The predicted molar refractivity (Wildman–Crippen MR) is 130 cm³/mol. The first-order valence-corrected chi connectivity index (χ1v) is 10.5. The second kappa shape index (κ2) is 18.2. The first-order valence-electron chi connectivity index (χ1n) is 10.5. The number of benzene rings is 2. The van der Waals surface area contributed by atoms with E-state index in [1.165, 1.54) is 16.9 Å². The van der Waals surface area contributed by atoms with E-state index in [0.29, 0.717) is 6.54 Å². The summed E-state index contributed by atoms with van der Waals surface area (Å²) in [6.45, 7) is 9.04. The van der Waals surface area contributed by atoms with Crippen molar-refractivity contribution in [1.29, 1.82) is 0 Å². The van der Waals surface area contributed by atoms with Gasteiger partial charge in [0.2, 0.25) is 0 Å². The Balaban J connectivity index is 0.000000515. The highest BCUT2D eigenvalue weighted by molar-refractivity contribution is 5.62. The molecular weight excluding hydrogens is 390 g/mol. The lowest BCUT2D eigenvalue weighted by Crippen LogP contribution is -2.44. The Morgan fingerprint density at radius 1 is 0.968 bits per heavy atom. The van der Waals surface area contributed by atoms with E-state index in [2.05, 4.69) is 89.0 Å². The van der Waals surface area contributed by atoms with Gasteiger partial charge >= 0.3 is 0 Å². The quantitative estimate of drug-likeness (QED) is 0.678. The molecular formula is C25H39N3O3. The van der Waals surface area contributed by atoms with Crippen LogP contribution in [-0.4, -0.2) is 83.9 Å². The minimum absolute atomic E-state index is 0.605. The smallest absolute Gasteiger partial charge is 0.133 e. The first kappa shape index (κ1) is 28.5. The average molecular weight is 430 g/mol. The van der Waals surface area contributed by atoms with Gasteiger partial charge in [0.25, 0.3) is 0 Å². The number of rotatable bonds is 5. The molecule has 6 nitrogen and oxygen atoms in total. The molecule has 2 aromatic carbocycles. The Hall–Kier alpha value is -2.54. The third-order valence-corrected chi connectivity index (χ3v) is 4.78. The molecule has 0 unspecified atom stereocenters. The number of hydrogen-bond donors (Lipinski definition) is 0. The van der Waals surface area contributed by atoms with Crippen LogP contribution in [0, 0.1) is 0 Å². The van der Waals surface area contributed by atoms with E-state index in [9.17, 15) is 4.79 Å². The van der Waals surface area contributed by atoms with Gasteiger partial charge in [0, 0.05) is 58.8 Å². The fourth-order valence-corrected chi connectivity index (χ4v) is 2.92. The van der Waals surface area contributed by atoms with Crippen LogP contribution in [0.15, 0.2) is 54.6 Å². The highest BCUT2D eigenvalue weighted by Gasteiger charge is 2.11. The lowest BCUT2D eigenvalue weighted by molar-refractivity contribution is -0.109. The monoisotopic (exact) mass is 429 g/mol. The first-order chi connectivity index (χ1) is 15.0. The molecule has 0 aliphatic carbocycles. The standard InChI is InChI=1S/C15H17N.C7H14N2O.C2H6O.CH2O/c1-3-13-8-7-11-15(12-13)16(2)14-9-5-4-6-10-14;1-8-2-4-9(5-3-8)6-7-10;1-3-2;1-2/h4-12H,3H2,1-2H3;7H,2-6H2,1H3;1-2H3;1H2. The zero-order chi connectivity index (χ0) is 23.5. The number of carbonyl (C=O) groups excluding carboxylic acids is 2. The summed E-state index contributed by atoms with van der Waals surface area (Å²) in [4.78, 5) is 24.8. The molecule has 6 heteroatoms. The van der Waals surface area contributed by atoms with Gasteiger partial charge in [-0.3, -0.25) is 4.90 Å². The topological polar surface area (TPSA) is 53.1 Å². The van der Waals surface area contributed by atoms with E-state index in [0.717, 1.165) is 38.9 Å². The number of likely N-dealkylation sites (N-methyl/N-ethyl adjacent to an activating group) is 1. The second-order valence-corrected chi connectivity index (χ2v) is 7.10. The summed E-state index contributed by atoms with van der Waals surface area (Å²) in [5, 5.41) is 0. The van der Waals surface area contributed by atoms with Gasteiger partial charge < -0.3 is 24.1 Å². The number of ether oxygens (including phenoxy) is 1. The van der Waals surface area contributed by atoms with Gasteiger partial charge in [0.1, 0.15) is 13.1 Å². The van der Waals surface area contributed by atoms with Gasteiger partial charge in [-0.2, -0.15) is 0 Å². The van der Waals surface area contributed by atoms with Crippen molar-refractivity contribution in [2.45, 2.75) is 13.3 Å². The van der Waals surface area contributed by atoms with Crippen molar-refractivity contribution in [2.24, 2.45) is 0 Å². The van der Waals surface area contributed by atoms with E-state index in [-0.39, 0.29) is 0 Å². The largest absolute Gasteiger partial charge is 0.388 e. The number of piperazine rings is 1. The van der Waals surface area contributed by atoms with E-state index < -0.39 is 0 Å². The lowest BCUT2D eigenvalue weighted by atomic mass is 10.1. The van der Waals surface area contributed by atoms with Crippen molar-refractivity contribution in [3.8, 4) is 0 Å². The minimum Gasteiger partial charge on any atom is -0.388 e. The van der Waals surface area contributed by atoms with Crippen molar-refractivity contribution in [3.63, 3.8) is 0 Å². The summed E-state index contributed by atoms with van der Waals surface area (Å²) in [7, 11) is 7.46. The van der Waals surface area contributed by atoms with Crippen LogP contribution in [0.1, 0.15) is 12.5 Å². The summed E-state index contributed by atoms with van der Waals surface area (Å²) in [5.74, 6) is 0.